The molecule has 0 heterocycles. The number of carbonyl (C=O) groups excluding carboxylic acids is 1. The van der Waals surface area contributed by atoms with Crippen LogP contribution in [0.25, 0.3) is 0 Å². The highest BCUT2D eigenvalue weighted by molar-refractivity contribution is 5.73. The Balaban J connectivity index is 2.56. The molecule has 2 atom stereocenters. The lowest BCUT2D eigenvalue weighted by atomic mass is 9.84. The lowest BCUT2D eigenvalue weighted by molar-refractivity contribution is -0.147. The normalized spacial score (nSPS) is 30.0. The summed E-state index contributed by atoms with van der Waals surface area (Å²) in [6.45, 7) is 2.09. The molecule has 0 amide bonds. The van der Waals surface area contributed by atoms with E-state index in [0.717, 1.165) is 12.8 Å². The number of esters is 1. The van der Waals surface area contributed by atoms with Gasteiger partial charge in [-0.2, -0.15) is 0 Å². The van der Waals surface area contributed by atoms with Crippen molar-refractivity contribution in [1.29, 1.82) is 0 Å². The molecule has 0 fully saturated rings. The highest BCUT2D eigenvalue weighted by atomic mass is 16.5. The van der Waals surface area contributed by atoms with Crippen LogP contribution in [-0.2, 0) is 9.53 Å². The summed E-state index contributed by atoms with van der Waals surface area (Å²) in [7, 11) is 1.45. The molecular formula is C9H14O2. The van der Waals surface area contributed by atoms with Crippen LogP contribution < -0.4 is 0 Å². The van der Waals surface area contributed by atoms with Gasteiger partial charge < -0.3 is 4.74 Å². The topological polar surface area (TPSA) is 26.3 Å². The van der Waals surface area contributed by atoms with Crippen LogP contribution >= 0.6 is 0 Å². The minimum atomic E-state index is -0.0677. The van der Waals surface area contributed by atoms with Gasteiger partial charge in [0.25, 0.3) is 0 Å². The zero-order valence-electron chi connectivity index (χ0n) is 7.04. The minimum absolute atomic E-state index is 0.0677. The van der Waals surface area contributed by atoms with E-state index in [1.165, 1.54) is 7.11 Å². The van der Waals surface area contributed by atoms with Gasteiger partial charge in [-0.05, 0) is 18.8 Å². The molecule has 62 valence electrons. The third kappa shape index (κ3) is 1.82. The number of rotatable bonds is 1. The lowest BCUT2D eigenvalue weighted by Gasteiger charge is -2.22. The highest BCUT2D eigenvalue weighted by Gasteiger charge is 2.25. The van der Waals surface area contributed by atoms with Crippen LogP contribution in [-0.4, -0.2) is 13.1 Å². The van der Waals surface area contributed by atoms with Gasteiger partial charge >= 0.3 is 5.97 Å². The third-order valence-electron chi connectivity index (χ3n) is 2.26. The molecule has 2 heteroatoms. The zero-order chi connectivity index (χ0) is 8.27. The number of methoxy groups -OCH3 is 1. The number of hydrogen-bond donors (Lipinski definition) is 0. The molecule has 0 N–H and O–H groups in total. The minimum Gasteiger partial charge on any atom is -0.469 e. The maximum atomic E-state index is 11.1. The standard InChI is InChI=1S/C9H14O2/c1-7-5-3-4-6-8(7)9(10)11-2/h3-4,7-8H,5-6H2,1-2H3/t7-,8+/m1/s1. The molecule has 0 aromatic rings. The fraction of sp³-hybridized carbons (Fsp3) is 0.667. The molecule has 0 saturated carbocycles. The predicted molar refractivity (Wildman–Crippen MR) is 43.0 cm³/mol. The van der Waals surface area contributed by atoms with E-state index in [1.807, 2.05) is 0 Å². The van der Waals surface area contributed by atoms with Crippen molar-refractivity contribution in [2.24, 2.45) is 11.8 Å². The van der Waals surface area contributed by atoms with E-state index < -0.39 is 0 Å². The molecule has 0 aromatic carbocycles. The van der Waals surface area contributed by atoms with Crippen LogP contribution in [0, 0.1) is 11.8 Å². The van der Waals surface area contributed by atoms with E-state index in [4.69, 9.17) is 0 Å². The van der Waals surface area contributed by atoms with Crippen LogP contribution in [0.3, 0.4) is 0 Å². The maximum absolute atomic E-state index is 11.1. The zero-order valence-corrected chi connectivity index (χ0v) is 7.04. The van der Waals surface area contributed by atoms with Gasteiger partial charge in [-0.1, -0.05) is 19.1 Å². The summed E-state index contributed by atoms with van der Waals surface area (Å²) in [5, 5.41) is 0. The summed E-state index contributed by atoms with van der Waals surface area (Å²) >= 11 is 0. The molecule has 1 aliphatic rings. The first-order chi connectivity index (χ1) is 5.25. The molecule has 0 aromatic heterocycles. The second-order valence-electron chi connectivity index (χ2n) is 3.05. The SMILES string of the molecule is COC(=O)[C@H]1CC=CC[C@H]1C. The predicted octanol–water partition coefficient (Wildman–Crippen LogP) is 1.76. The summed E-state index contributed by atoms with van der Waals surface area (Å²) in [6, 6.07) is 0. The van der Waals surface area contributed by atoms with Gasteiger partial charge in [0.2, 0.25) is 0 Å². The van der Waals surface area contributed by atoms with Crippen molar-refractivity contribution in [3.8, 4) is 0 Å². The van der Waals surface area contributed by atoms with Crippen molar-refractivity contribution in [3.63, 3.8) is 0 Å². The molecule has 0 radical (unpaired) electrons. The van der Waals surface area contributed by atoms with Crippen molar-refractivity contribution < 1.29 is 9.53 Å². The maximum Gasteiger partial charge on any atom is 0.309 e. The van der Waals surface area contributed by atoms with Crippen LogP contribution in [0.15, 0.2) is 12.2 Å². The number of allylic oxidation sites excluding steroid dienone is 2. The Labute approximate surface area is 67.2 Å². The van der Waals surface area contributed by atoms with Gasteiger partial charge in [0.15, 0.2) is 0 Å². The molecule has 0 spiro atoms. The van der Waals surface area contributed by atoms with Crippen molar-refractivity contribution in [1.82, 2.24) is 0 Å². The molecule has 1 rings (SSSR count). The Kier molecular flexibility index (Phi) is 2.69. The van der Waals surface area contributed by atoms with Gasteiger partial charge in [-0.15, -0.1) is 0 Å². The number of ether oxygens (including phenoxy) is 1. The Hall–Kier alpha value is -0.790. The number of carbonyl (C=O) groups is 1. The Bertz CT molecular complexity index is 172. The highest BCUT2D eigenvalue weighted by Crippen LogP contribution is 2.25. The first-order valence-corrected chi connectivity index (χ1v) is 3.98. The Morgan fingerprint density at radius 2 is 2.09 bits per heavy atom. The van der Waals surface area contributed by atoms with Gasteiger partial charge in [-0.3, -0.25) is 4.79 Å². The van der Waals surface area contributed by atoms with Crippen LogP contribution in [0.1, 0.15) is 19.8 Å². The van der Waals surface area contributed by atoms with E-state index in [-0.39, 0.29) is 11.9 Å². The fourth-order valence-electron chi connectivity index (χ4n) is 1.43. The summed E-state index contributed by atoms with van der Waals surface area (Å²) < 4.78 is 4.69. The van der Waals surface area contributed by atoms with E-state index in [1.54, 1.807) is 0 Å². The molecule has 0 bridgehead atoms. The summed E-state index contributed by atoms with van der Waals surface area (Å²) in [4.78, 5) is 11.1. The Morgan fingerprint density at radius 1 is 1.45 bits per heavy atom. The van der Waals surface area contributed by atoms with Gasteiger partial charge in [0, 0.05) is 0 Å². The smallest absolute Gasteiger partial charge is 0.309 e. The van der Waals surface area contributed by atoms with Gasteiger partial charge in [0.1, 0.15) is 0 Å². The molecule has 1 aliphatic carbocycles. The molecular weight excluding hydrogens is 140 g/mol. The third-order valence-corrected chi connectivity index (χ3v) is 2.26. The van der Waals surface area contributed by atoms with E-state index in [0.29, 0.717) is 5.92 Å². The largest absolute Gasteiger partial charge is 0.469 e. The number of hydrogen-bond acceptors (Lipinski definition) is 2. The van der Waals surface area contributed by atoms with E-state index in [9.17, 15) is 4.79 Å². The second kappa shape index (κ2) is 3.56. The fourth-order valence-corrected chi connectivity index (χ4v) is 1.43. The first-order valence-electron chi connectivity index (χ1n) is 3.98. The molecule has 0 aliphatic heterocycles. The van der Waals surface area contributed by atoms with Crippen molar-refractivity contribution in [3.05, 3.63) is 12.2 Å². The van der Waals surface area contributed by atoms with Crippen molar-refractivity contribution in [2.45, 2.75) is 19.8 Å². The van der Waals surface area contributed by atoms with Crippen LogP contribution in [0.2, 0.25) is 0 Å². The summed E-state index contributed by atoms with van der Waals surface area (Å²) in [5.74, 6) is 0.458. The van der Waals surface area contributed by atoms with Crippen molar-refractivity contribution in [2.75, 3.05) is 7.11 Å². The first kappa shape index (κ1) is 8.31. The van der Waals surface area contributed by atoms with Crippen LogP contribution in [0.5, 0.6) is 0 Å². The van der Waals surface area contributed by atoms with Gasteiger partial charge in [0.05, 0.1) is 13.0 Å². The summed E-state index contributed by atoms with van der Waals surface area (Å²) in [6.07, 6.45) is 6.03. The van der Waals surface area contributed by atoms with Crippen LogP contribution in [0.4, 0.5) is 0 Å². The Morgan fingerprint density at radius 3 is 2.64 bits per heavy atom. The van der Waals surface area contributed by atoms with Crippen molar-refractivity contribution >= 4 is 5.97 Å². The van der Waals surface area contributed by atoms with E-state index in [2.05, 4.69) is 23.8 Å². The molecule has 0 unspecified atom stereocenters. The summed E-state index contributed by atoms with van der Waals surface area (Å²) in [5.41, 5.74) is 0. The monoisotopic (exact) mass is 154 g/mol. The van der Waals surface area contributed by atoms with E-state index >= 15 is 0 Å². The quantitative estimate of drug-likeness (QED) is 0.425. The average Bonchev–Trinajstić information content (AvgIpc) is 2.04. The lowest BCUT2D eigenvalue weighted by Crippen LogP contribution is -2.24. The molecule has 11 heavy (non-hydrogen) atoms. The second-order valence-corrected chi connectivity index (χ2v) is 3.05. The average molecular weight is 154 g/mol. The van der Waals surface area contributed by atoms with Gasteiger partial charge in [-0.25, -0.2) is 0 Å². The molecule has 0 saturated heterocycles. The molecule has 2 nitrogen and oxygen atoms in total.